The number of H-pyrrole nitrogens is 1. The Bertz CT molecular complexity index is 1080. The first-order chi connectivity index (χ1) is 14.6. The van der Waals surface area contributed by atoms with Crippen molar-refractivity contribution < 1.29 is 9.53 Å². The lowest BCUT2D eigenvalue weighted by atomic mass is 10.0. The van der Waals surface area contributed by atoms with E-state index in [0.717, 1.165) is 29.3 Å². The Kier molecular flexibility index (Phi) is 5.59. The van der Waals surface area contributed by atoms with Gasteiger partial charge in [0.2, 0.25) is 5.91 Å². The second-order valence-electron chi connectivity index (χ2n) is 7.56. The van der Waals surface area contributed by atoms with Gasteiger partial charge in [-0.25, -0.2) is 0 Å². The molecule has 2 atom stereocenters. The summed E-state index contributed by atoms with van der Waals surface area (Å²) in [5.41, 5.74) is 8.42. The molecule has 4 N–H and O–H groups in total. The first kappa shape index (κ1) is 19.8. The van der Waals surface area contributed by atoms with Crippen LogP contribution in [0.5, 0.6) is 11.5 Å². The van der Waals surface area contributed by atoms with Gasteiger partial charge in [0.15, 0.2) is 0 Å². The molecule has 0 radical (unpaired) electrons. The number of benzene rings is 2. The van der Waals surface area contributed by atoms with Gasteiger partial charge in [-0.2, -0.15) is 5.26 Å². The Morgan fingerprint density at radius 2 is 2.10 bits per heavy atom. The topological polar surface area (TPSA) is 107 Å². The van der Waals surface area contributed by atoms with Gasteiger partial charge >= 0.3 is 0 Å². The van der Waals surface area contributed by atoms with Gasteiger partial charge in [0.05, 0.1) is 12.1 Å². The number of ether oxygens (including phenoxy) is 1. The number of anilines is 1. The highest BCUT2D eigenvalue weighted by molar-refractivity contribution is 5.87. The van der Waals surface area contributed by atoms with Crippen LogP contribution in [-0.4, -0.2) is 41.5 Å². The summed E-state index contributed by atoms with van der Waals surface area (Å²) in [7, 11) is 1.78. The maximum atomic E-state index is 13.0. The molecule has 0 unspecified atom stereocenters. The molecule has 1 fully saturated rings. The number of nitriles is 1. The minimum Gasteiger partial charge on any atom is -0.457 e. The van der Waals surface area contributed by atoms with E-state index in [1.54, 1.807) is 24.1 Å². The summed E-state index contributed by atoms with van der Waals surface area (Å²) in [5.74, 6) is 1.40. The van der Waals surface area contributed by atoms with E-state index >= 15 is 0 Å². The SMILES string of the molecule is CN[C@@H](Cc1c[nH]c2ccc(Oc3ccc(N)cc3)cc12)C(=O)N1CCC[C@H]1C#N. The van der Waals surface area contributed by atoms with Crippen LogP contribution >= 0.6 is 0 Å². The number of likely N-dealkylation sites (tertiary alicyclic amines) is 1. The number of nitrogens with zero attached hydrogens (tertiary/aromatic N) is 2. The molecule has 1 saturated heterocycles. The standard InChI is InChI=1S/C23H25N5O2/c1-26-22(23(29)28-10-2-3-17(28)13-24)11-15-14-27-21-9-8-19(12-20(15)21)30-18-6-4-16(25)5-7-18/h4-9,12,14,17,22,26-27H,2-3,10-11,25H2,1H3/t17-,22-/m0/s1. The second-order valence-corrected chi connectivity index (χ2v) is 7.56. The zero-order valence-corrected chi connectivity index (χ0v) is 16.9. The molecule has 1 amide bonds. The number of carbonyl (C=O) groups excluding carboxylic acids is 1. The monoisotopic (exact) mass is 403 g/mol. The van der Waals surface area contributed by atoms with E-state index in [4.69, 9.17) is 10.5 Å². The molecule has 30 heavy (non-hydrogen) atoms. The summed E-state index contributed by atoms with van der Waals surface area (Å²) in [6.07, 6.45) is 4.08. The van der Waals surface area contributed by atoms with Crippen LogP contribution in [-0.2, 0) is 11.2 Å². The second kappa shape index (κ2) is 8.47. The van der Waals surface area contributed by atoms with Crippen LogP contribution in [0.3, 0.4) is 0 Å². The van der Waals surface area contributed by atoms with E-state index in [1.165, 1.54) is 0 Å². The van der Waals surface area contributed by atoms with Crippen molar-refractivity contribution in [1.82, 2.24) is 15.2 Å². The third-order valence-electron chi connectivity index (χ3n) is 5.61. The Morgan fingerprint density at radius 3 is 2.83 bits per heavy atom. The number of nitrogens with one attached hydrogen (secondary N) is 2. The molecule has 0 bridgehead atoms. The van der Waals surface area contributed by atoms with Gasteiger partial charge in [-0.15, -0.1) is 0 Å². The Morgan fingerprint density at radius 1 is 1.33 bits per heavy atom. The lowest BCUT2D eigenvalue weighted by molar-refractivity contribution is -0.133. The molecule has 2 aromatic carbocycles. The van der Waals surface area contributed by atoms with E-state index in [0.29, 0.717) is 30.2 Å². The van der Waals surface area contributed by atoms with Crippen molar-refractivity contribution >= 4 is 22.5 Å². The summed E-state index contributed by atoms with van der Waals surface area (Å²) in [5, 5.41) is 13.5. The van der Waals surface area contributed by atoms with Gasteiger partial charge in [0.1, 0.15) is 17.5 Å². The Hall–Kier alpha value is -3.50. The van der Waals surface area contributed by atoms with Crippen LogP contribution in [0, 0.1) is 11.3 Å². The lowest BCUT2D eigenvalue weighted by Crippen LogP contribution is -2.48. The van der Waals surface area contributed by atoms with E-state index in [9.17, 15) is 10.1 Å². The van der Waals surface area contributed by atoms with Gasteiger partial charge in [0.25, 0.3) is 0 Å². The third-order valence-corrected chi connectivity index (χ3v) is 5.61. The van der Waals surface area contributed by atoms with Gasteiger partial charge in [-0.05, 0) is 74.3 Å². The molecule has 0 aliphatic carbocycles. The number of hydrogen-bond acceptors (Lipinski definition) is 5. The number of rotatable bonds is 6. The number of aromatic nitrogens is 1. The minimum atomic E-state index is -0.389. The van der Waals surface area contributed by atoms with Gasteiger partial charge in [-0.1, -0.05) is 0 Å². The van der Waals surface area contributed by atoms with Crippen molar-refractivity contribution in [2.45, 2.75) is 31.3 Å². The normalized spacial score (nSPS) is 17.1. The lowest BCUT2D eigenvalue weighted by Gasteiger charge is -2.25. The predicted molar refractivity (Wildman–Crippen MR) is 116 cm³/mol. The fourth-order valence-electron chi connectivity index (χ4n) is 3.96. The van der Waals surface area contributed by atoms with Crippen LogP contribution in [0.25, 0.3) is 10.9 Å². The van der Waals surface area contributed by atoms with Crippen molar-refractivity contribution in [3.63, 3.8) is 0 Å². The summed E-state index contributed by atoms with van der Waals surface area (Å²) in [6.45, 7) is 0.642. The fraction of sp³-hybridized carbons (Fsp3) is 0.304. The van der Waals surface area contributed by atoms with Crippen molar-refractivity contribution in [2.75, 3.05) is 19.3 Å². The molecule has 154 valence electrons. The number of hydrogen-bond donors (Lipinski definition) is 3. The van der Waals surface area contributed by atoms with Crippen LogP contribution in [0.15, 0.2) is 48.7 Å². The van der Waals surface area contributed by atoms with Crippen molar-refractivity contribution in [1.29, 1.82) is 5.26 Å². The zero-order chi connectivity index (χ0) is 21.1. The zero-order valence-electron chi connectivity index (χ0n) is 16.9. The number of carbonyl (C=O) groups is 1. The van der Waals surface area contributed by atoms with Gasteiger partial charge in [-0.3, -0.25) is 4.79 Å². The molecule has 7 heteroatoms. The molecular weight excluding hydrogens is 378 g/mol. The number of aromatic amines is 1. The van der Waals surface area contributed by atoms with E-state index in [2.05, 4.69) is 16.4 Å². The summed E-state index contributed by atoms with van der Waals surface area (Å²) in [6, 6.07) is 14.6. The first-order valence-corrected chi connectivity index (χ1v) is 10.1. The summed E-state index contributed by atoms with van der Waals surface area (Å²) < 4.78 is 5.96. The predicted octanol–water partition coefficient (Wildman–Crippen LogP) is 3.19. The average molecular weight is 403 g/mol. The highest BCUT2D eigenvalue weighted by Gasteiger charge is 2.32. The smallest absolute Gasteiger partial charge is 0.241 e. The number of nitrogen functional groups attached to an aromatic ring is 1. The first-order valence-electron chi connectivity index (χ1n) is 10.1. The van der Waals surface area contributed by atoms with Crippen molar-refractivity contribution in [3.05, 3.63) is 54.2 Å². The minimum absolute atomic E-state index is 0.0230. The van der Waals surface area contributed by atoms with E-state index < -0.39 is 0 Å². The molecule has 0 saturated carbocycles. The van der Waals surface area contributed by atoms with Gasteiger partial charge < -0.3 is 25.7 Å². The third kappa shape index (κ3) is 3.95. The fourth-order valence-corrected chi connectivity index (χ4v) is 3.96. The van der Waals surface area contributed by atoms with E-state index in [-0.39, 0.29) is 18.0 Å². The molecule has 0 spiro atoms. The molecular formula is C23H25N5O2. The molecule has 3 aromatic rings. The number of fused-ring (bicyclic) bond motifs is 1. The number of nitrogens with two attached hydrogens (primary N) is 1. The maximum Gasteiger partial charge on any atom is 0.241 e. The average Bonchev–Trinajstić information content (AvgIpc) is 3.40. The van der Waals surface area contributed by atoms with Crippen LogP contribution in [0.2, 0.25) is 0 Å². The molecule has 1 aromatic heterocycles. The Balaban J connectivity index is 1.55. The number of amides is 1. The molecule has 1 aliphatic heterocycles. The quantitative estimate of drug-likeness (QED) is 0.548. The van der Waals surface area contributed by atoms with Crippen LogP contribution in [0.4, 0.5) is 5.69 Å². The number of likely N-dealkylation sites (N-methyl/N-ethyl adjacent to an activating group) is 1. The van der Waals surface area contributed by atoms with Crippen molar-refractivity contribution in [3.8, 4) is 17.6 Å². The van der Waals surface area contributed by atoms with Crippen LogP contribution in [0.1, 0.15) is 18.4 Å². The molecule has 1 aliphatic rings. The molecule has 7 nitrogen and oxygen atoms in total. The maximum absolute atomic E-state index is 13.0. The van der Waals surface area contributed by atoms with E-state index in [1.807, 2.05) is 36.5 Å². The van der Waals surface area contributed by atoms with Crippen LogP contribution < -0.4 is 15.8 Å². The Labute approximate surface area is 175 Å². The highest BCUT2D eigenvalue weighted by atomic mass is 16.5. The van der Waals surface area contributed by atoms with Crippen molar-refractivity contribution in [2.24, 2.45) is 0 Å². The molecule has 2 heterocycles. The van der Waals surface area contributed by atoms with Gasteiger partial charge in [0, 0.05) is 29.3 Å². The largest absolute Gasteiger partial charge is 0.457 e. The highest BCUT2D eigenvalue weighted by Crippen LogP contribution is 2.29. The summed E-state index contributed by atoms with van der Waals surface area (Å²) >= 11 is 0. The molecule has 4 rings (SSSR count). The summed E-state index contributed by atoms with van der Waals surface area (Å²) in [4.78, 5) is 18.0.